The second kappa shape index (κ2) is 5.74. The van der Waals surface area contributed by atoms with Crippen LogP contribution in [-0.2, 0) is 0 Å². The highest BCUT2D eigenvalue weighted by Gasteiger charge is 2.28. The van der Waals surface area contributed by atoms with Crippen LogP contribution >= 0.6 is 0 Å². The minimum atomic E-state index is 0.532. The Hall–Kier alpha value is -1.36. The van der Waals surface area contributed by atoms with Crippen molar-refractivity contribution in [2.45, 2.75) is 46.0 Å². The van der Waals surface area contributed by atoms with Crippen molar-refractivity contribution in [3.05, 3.63) is 11.4 Å². The Labute approximate surface area is 115 Å². The van der Waals surface area contributed by atoms with Gasteiger partial charge in [0.05, 0.1) is 0 Å². The van der Waals surface area contributed by atoms with Gasteiger partial charge in [-0.05, 0) is 32.1 Å². The van der Waals surface area contributed by atoms with E-state index in [4.69, 9.17) is 10.8 Å². The van der Waals surface area contributed by atoms with Gasteiger partial charge in [-0.1, -0.05) is 13.8 Å². The fraction of sp³-hybridized carbons (Fsp3) is 0.714. The molecule has 1 saturated carbocycles. The van der Waals surface area contributed by atoms with Gasteiger partial charge in [0.15, 0.2) is 0 Å². The van der Waals surface area contributed by atoms with Crippen molar-refractivity contribution in [3.8, 4) is 0 Å². The lowest BCUT2D eigenvalue weighted by Gasteiger charge is -2.23. The minimum Gasteiger partial charge on any atom is -0.359 e. The van der Waals surface area contributed by atoms with Gasteiger partial charge in [0.25, 0.3) is 0 Å². The van der Waals surface area contributed by atoms with Gasteiger partial charge in [-0.25, -0.2) is 15.8 Å². The number of hydrogen-bond acceptors (Lipinski definition) is 5. The number of nitrogen functional groups attached to an aromatic ring is 1. The quantitative estimate of drug-likeness (QED) is 0.609. The van der Waals surface area contributed by atoms with E-state index in [-0.39, 0.29) is 0 Å². The predicted molar refractivity (Wildman–Crippen MR) is 79.3 cm³/mol. The molecule has 1 aromatic heterocycles. The summed E-state index contributed by atoms with van der Waals surface area (Å²) >= 11 is 0. The van der Waals surface area contributed by atoms with E-state index in [0.29, 0.717) is 11.8 Å². The SMILES string of the molecule is Cc1c(NN)nc(C2CC2)nc1N(C)CCC(C)C. The molecular weight excluding hydrogens is 238 g/mol. The van der Waals surface area contributed by atoms with E-state index in [9.17, 15) is 0 Å². The van der Waals surface area contributed by atoms with Gasteiger partial charge in [0.1, 0.15) is 17.5 Å². The molecule has 0 amide bonds. The van der Waals surface area contributed by atoms with Crippen LogP contribution < -0.4 is 16.2 Å². The third-order valence-corrected chi connectivity index (χ3v) is 3.62. The maximum Gasteiger partial charge on any atom is 0.148 e. The van der Waals surface area contributed by atoms with Crippen molar-refractivity contribution < 1.29 is 0 Å². The average molecular weight is 263 g/mol. The summed E-state index contributed by atoms with van der Waals surface area (Å²) in [5.41, 5.74) is 3.73. The zero-order chi connectivity index (χ0) is 14.0. The van der Waals surface area contributed by atoms with Crippen LogP contribution in [0.2, 0.25) is 0 Å². The van der Waals surface area contributed by atoms with Crippen LogP contribution in [0.3, 0.4) is 0 Å². The van der Waals surface area contributed by atoms with Crippen molar-refractivity contribution >= 4 is 11.6 Å². The summed E-state index contributed by atoms with van der Waals surface area (Å²) in [6.45, 7) is 7.50. The van der Waals surface area contributed by atoms with Gasteiger partial charge < -0.3 is 10.3 Å². The minimum absolute atomic E-state index is 0.532. The van der Waals surface area contributed by atoms with Crippen molar-refractivity contribution in [2.75, 3.05) is 23.9 Å². The number of aromatic nitrogens is 2. The largest absolute Gasteiger partial charge is 0.359 e. The number of nitrogens with two attached hydrogens (primary N) is 1. The molecule has 0 radical (unpaired) electrons. The molecule has 2 rings (SSSR count). The molecule has 1 aliphatic rings. The van der Waals surface area contributed by atoms with Crippen molar-refractivity contribution in [1.29, 1.82) is 0 Å². The van der Waals surface area contributed by atoms with Gasteiger partial charge in [-0.15, -0.1) is 0 Å². The number of rotatable bonds is 6. The molecule has 0 aromatic carbocycles. The molecule has 1 heterocycles. The van der Waals surface area contributed by atoms with Crippen LogP contribution in [0.4, 0.5) is 11.6 Å². The molecule has 0 bridgehead atoms. The van der Waals surface area contributed by atoms with Gasteiger partial charge in [0, 0.05) is 25.1 Å². The summed E-state index contributed by atoms with van der Waals surface area (Å²) in [5.74, 6) is 9.49. The molecule has 0 aliphatic heterocycles. The highest BCUT2D eigenvalue weighted by atomic mass is 15.3. The first-order valence-electron chi connectivity index (χ1n) is 7.09. The first kappa shape index (κ1) is 14.1. The topological polar surface area (TPSA) is 67.1 Å². The number of hydrazine groups is 1. The van der Waals surface area contributed by atoms with Crippen LogP contribution in [0.1, 0.15) is 50.4 Å². The fourth-order valence-corrected chi connectivity index (χ4v) is 2.12. The smallest absolute Gasteiger partial charge is 0.148 e. The number of nitrogens with one attached hydrogen (secondary N) is 1. The molecule has 0 atom stereocenters. The van der Waals surface area contributed by atoms with E-state index in [2.05, 4.69) is 36.2 Å². The molecular formula is C14H25N5. The lowest BCUT2D eigenvalue weighted by molar-refractivity contribution is 0.582. The summed E-state index contributed by atoms with van der Waals surface area (Å²) in [5, 5.41) is 0. The highest BCUT2D eigenvalue weighted by molar-refractivity contribution is 5.58. The maximum atomic E-state index is 5.57. The molecule has 0 unspecified atom stereocenters. The number of anilines is 2. The second-order valence-electron chi connectivity index (χ2n) is 5.90. The molecule has 1 aliphatic carbocycles. The maximum absolute atomic E-state index is 5.57. The Morgan fingerprint density at radius 1 is 1.37 bits per heavy atom. The average Bonchev–Trinajstić information content (AvgIpc) is 3.20. The first-order chi connectivity index (χ1) is 9.02. The standard InChI is InChI=1S/C14H25N5/c1-9(2)7-8-19(4)14-10(3)12(18-15)16-13(17-14)11-5-6-11/h9,11H,5-8,15H2,1-4H3,(H,16,17,18). The summed E-state index contributed by atoms with van der Waals surface area (Å²) in [6.07, 6.45) is 3.55. The Morgan fingerprint density at radius 3 is 2.58 bits per heavy atom. The lowest BCUT2D eigenvalue weighted by atomic mass is 10.1. The predicted octanol–water partition coefficient (Wildman–Crippen LogP) is 2.43. The van der Waals surface area contributed by atoms with Crippen molar-refractivity contribution in [2.24, 2.45) is 11.8 Å². The zero-order valence-electron chi connectivity index (χ0n) is 12.4. The monoisotopic (exact) mass is 263 g/mol. The van der Waals surface area contributed by atoms with Gasteiger partial charge in [0.2, 0.25) is 0 Å². The molecule has 5 heteroatoms. The normalized spacial score (nSPS) is 14.8. The lowest BCUT2D eigenvalue weighted by Crippen LogP contribution is -2.24. The fourth-order valence-electron chi connectivity index (χ4n) is 2.12. The molecule has 3 N–H and O–H groups in total. The Kier molecular flexibility index (Phi) is 4.24. The van der Waals surface area contributed by atoms with Gasteiger partial charge in [-0.2, -0.15) is 0 Å². The number of nitrogens with zero attached hydrogens (tertiary/aromatic N) is 3. The summed E-state index contributed by atoms with van der Waals surface area (Å²) in [7, 11) is 2.09. The molecule has 1 fully saturated rings. The van der Waals surface area contributed by atoms with E-state index < -0.39 is 0 Å². The van der Waals surface area contributed by atoms with E-state index in [0.717, 1.165) is 36.0 Å². The van der Waals surface area contributed by atoms with Crippen LogP contribution in [0.15, 0.2) is 0 Å². The molecule has 19 heavy (non-hydrogen) atoms. The van der Waals surface area contributed by atoms with Crippen molar-refractivity contribution in [1.82, 2.24) is 9.97 Å². The Morgan fingerprint density at radius 2 is 2.05 bits per heavy atom. The number of hydrogen-bond donors (Lipinski definition) is 2. The Balaban J connectivity index is 2.24. The molecule has 0 saturated heterocycles. The molecule has 106 valence electrons. The van der Waals surface area contributed by atoms with Crippen molar-refractivity contribution in [3.63, 3.8) is 0 Å². The summed E-state index contributed by atoms with van der Waals surface area (Å²) in [6, 6.07) is 0. The van der Waals surface area contributed by atoms with Gasteiger partial charge >= 0.3 is 0 Å². The Bertz CT molecular complexity index is 440. The van der Waals surface area contributed by atoms with E-state index in [1.165, 1.54) is 12.8 Å². The van der Waals surface area contributed by atoms with Crippen LogP contribution in [-0.4, -0.2) is 23.6 Å². The molecule has 1 aromatic rings. The van der Waals surface area contributed by atoms with Crippen LogP contribution in [0.25, 0.3) is 0 Å². The van der Waals surface area contributed by atoms with Gasteiger partial charge in [-0.3, -0.25) is 0 Å². The first-order valence-corrected chi connectivity index (χ1v) is 7.09. The van der Waals surface area contributed by atoms with E-state index >= 15 is 0 Å². The van der Waals surface area contributed by atoms with Crippen LogP contribution in [0, 0.1) is 12.8 Å². The third-order valence-electron chi connectivity index (χ3n) is 3.62. The summed E-state index contributed by atoms with van der Waals surface area (Å²) in [4.78, 5) is 11.5. The molecule has 5 nitrogen and oxygen atoms in total. The second-order valence-corrected chi connectivity index (χ2v) is 5.90. The van der Waals surface area contributed by atoms with E-state index in [1.807, 2.05) is 6.92 Å². The van der Waals surface area contributed by atoms with Crippen LogP contribution in [0.5, 0.6) is 0 Å². The summed E-state index contributed by atoms with van der Waals surface area (Å²) < 4.78 is 0. The molecule has 0 spiro atoms. The zero-order valence-corrected chi connectivity index (χ0v) is 12.4. The third kappa shape index (κ3) is 3.35. The van der Waals surface area contributed by atoms with E-state index in [1.54, 1.807) is 0 Å². The highest BCUT2D eigenvalue weighted by Crippen LogP contribution is 2.39.